The number of hydrogen-bond acceptors (Lipinski definition) is 4. The van der Waals surface area contributed by atoms with Gasteiger partial charge in [-0.25, -0.2) is 4.79 Å². The quantitative estimate of drug-likeness (QED) is 0.387. The van der Waals surface area contributed by atoms with Crippen molar-refractivity contribution >= 4 is 11.8 Å². The second kappa shape index (κ2) is 9.18. The van der Waals surface area contributed by atoms with E-state index in [1.165, 1.54) is 0 Å². The fourth-order valence-electron chi connectivity index (χ4n) is 2.93. The molecule has 0 aliphatic rings. The monoisotopic (exact) mass is 354 g/mol. The van der Waals surface area contributed by atoms with E-state index in [0.29, 0.717) is 17.7 Å². The van der Waals surface area contributed by atoms with Gasteiger partial charge in [0.15, 0.2) is 6.61 Å². The summed E-state index contributed by atoms with van der Waals surface area (Å²) in [5, 5.41) is 0. The van der Waals surface area contributed by atoms with Gasteiger partial charge in [-0.3, -0.25) is 4.79 Å². The molecule has 0 heterocycles. The molecule has 26 heavy (non-hydrogen) atoms. The number of ketones is 1. The van der Waals surface area contributed by atoms with Crippen molar-refractivity contribution in [3.05, 3.63) is 64.2 Å². The van der Waals surface area contributed by atoms with Crippen LogP contribution in [0, 0.1) is 20.8 Å². The van der Waals surface area contributed by atoms with Gasteiger partial charge in [-0.2, -0.15) is 0 Å². The zero-order valence-electron chi connectivity index (χ0n) is 15.9. The third-order valence-corrected chi connectivity index (χ3v) is 4.15. The fraction of sp³-hybridized carbons (Fsp3) is 0.364. The number of carbonyl (C=O) groups excluding carboxylic acids is 2. The van der Waals surface area contributed by atoms with Crippen LogP contribution >= 0.6 is 0 Å². The minimum Gasteiger partial charge on any atom is -0.494 e. The van der Waals surface area contributed by atoms with Gasteiger partial charge >= 0.3 is 5.97 Å². The third-order valence-electron chi connectivity index (χ3n) is 4.15. The van der Waals surface area contributed by atoms with Gasteiger partial charge < -0.3 is 9.47 Å². The Hall–Kier alpha value is -2.62. The van der Waals surface area contributed by atoms with Gasteiger partial charge in [0.2, 0.25) is 5.78 Å². The molecular weight excluding hydrogens is 328 g/mol. The summed E-state index contributed by atoms with van der Waals surface area (Å²) in [7, 11) is 0. The molecular formula is C22H26O4. The maximum Gasteiger partial charge on any atom is 0.338 e. The molecule has 2 aromatic carbocycles. The molecule has 0 fully saturated rings. The molecule has 0 atom stereocenters. The van der Waals surface area contributed by atoms with Crippen LogP contribution in [0.4, 0.5) is 0 Å². The molecule has 2 aromatic rings. The average molecular weight is 354 g/mol. The van der Waals surface area contributed by atoms with Crippen molar-refractivity contribution in [2.75, 3.05) is 13.2 Å². The predicted octanol–water partition coefficient (Wildman–Crippen LogP) is 4.83. The van der Waals surface area contributed by atoms with E-state index in [4.69, 9.17) is 9.47 Å². The van der Waals surface area contributed by atoms with Gasteiger partial charge in [0.05, 0.1) is 12.2 Å². The topological polar surface area (TPSA) is 52.6 Å². The summed E-state index contributed by atoms with van der Waals surface area (Å²) in [5.74, 6) is 0.0192. The van der Waals surface area contributed by atoms with Crippen molar-refractivity contribution in [2.45, 2.75) is 40.5 Å². The Morgan fingerprint density at radius 3 is 2.15 bits per heavy atom. The van der Waals surface area contributed by atoms with Crippen LogP contribution in [0.25, 0.3) is 0 Å². The molecule has 0 aliphatic carbocycles. The molecule has 138 valence electrons. The van der Waals surface area contributed by atoms with E-state index in [1.807, 2.05) is 32.9 Å². The summed E-state index contributed by atoms with van der Waals surface area (Å²) >= 11 is 0. The molecule has 4 nitrogen and oxygen atoms in total. The summed E-state index contributed by atoms with van der Waals surface area (Å²) in [6.45, 7) is 8.27. The van der Waals surface area contributed by atoms with Crippen LogP contribution in [0.2, 0.25) is 0 Å². The predicted molar refractivity (Wildman–Crippen MR) is 102 cm³/mol. The molecule has 0 aromatic heterocycles. The maximum absolute atomic E-state index is 12.4. The first kappa shape index (κ1) is 19.7. The van der Waals surface area contributed by atoms with E-state index in [9.17, 15) is 9.59 Å². The van der Waals surface area contributed by atoms with E-state index in [-0.39, 0.29) is 12.4 Å². The number of carbonyl (C=O) groups is 2. The summed E-state index contributed by atoms with van der Waals surface area (Å²) in [5.41, 5.74) is 3.94. The first-order chi connectivity index (χ1) is 12.4. The molecule has 0 spiro atoms. The summed E-state index contributed by atoms with van der Waals surface area (Å²) < 4.78 is 10.8. The van der Waals surface area contributed by atoms with E-state index in [0.717, 1.165) is 35.3 Å². The molecule has 0 saturated carbocycles. The number of hydrogen-bond donors (Lipinski definition) is 0. The van der Waals surface area contributed by atoms with Crippen molar-refractivity contribution < 1.29 is 19.1 Å². The van der Waals surface area contributed by atoms with Gasteiger partial charge in [-0.05, 0) is 62.6 Å². The first-order valence-corrected chi connectivity index (χ1v) is 8.93. The van der Waals surface area contributed by atoms with Crippen LogP contribution in [0.15, 0.2) is 36.4 Å². The largest absolute Gasteiger partial charge is 0.494 e. The zero-order chi connectivity index (χ0) is 19.1. The number of rotatable bonds is 8. The van der Waals surface area contributed by atoms with Crippen LogP contribution in [-0.4, -0.2) is 25.0 Å². The van der Waals surface area contributed by atoms with Crippen molar-refractivity contribution in [2.24, 2.45) is 0 Å². The molecule has 0 unspecified atom stereocenters. The Morgan fingerprint density at radius 1 is 0.962 bits per heavy atom. The minimum absolute atomic E-state index is 0.187. The number of esters is 1. The molecule has 0 aliphatic heterocycles. The van der Waals surface area contributed by atoms with E-state index in [1.54, 1.807) is 24.3 Å². The summed E-state index contributed by atoms with van der Waals surface area (Å²) in [6.07, 6.45) is 2.06. The Balaban J connectivity index is 1.95. The van der Waals surface area contributed by atoms with Crippen molar-refractivity contribution in [1.82, 2.24) is 0 Å². The van der Waals surface area contributed by atoms with Crippen LogP contribution in [0.1, 0.15) is 57.2 Å². The lowest BCUT2D eigenvalue weighted by molar-refractivity contribution is 0.0474. The second-order valence-corrected chi connectivity index (χ2v) is 6.50. The molecule has 0 N–H and O–H groups in total. The van der Waals surface area contributed by atoms with E-state index < -0.39 is 5.97 Å². The average Bonchev–Trinajstić information content (AvgIpc) is 2.59. The number of unbranched alkanes of at least 4 members (excludes halogenated alkanes) is 1. The highest BCUT2D eigenvalue weighted by atomic mass is 16.5. The van der Waals surface area contributed by atoms with Gasteiger partial charge in [0.1, 0.15) is 5.75 Å². The Morgan fingerprint density at radius 2 is 1.58 bits per heavy atom. The SMILES string of the molecule is CCCCOc1ccc(C(=O)OCC(=O)c2c(C)cc(C)cc2C)cc1. The number of Topliss-reactive ketones (excluding diaryl/α,β-unsaturated/α-hetero) is 1. The highest BCUT2D eigenvalue weighted by Gasteiger charge is 2.16. The van der Waals surface area contributed by atoms with Crippen molar-refractivity contribution in [3.63, 3.8) is 0 Å². The van der Waals surface area contributed by atoms with Crippen LogP contribution < -0.4 is 4.74 Å². The summed E-state index contributed by atoms with van der Waals surface area (Å²) in [4.78, 5) is 24.6. The van der Waals surface area contributed by atoms with Crippen molar-refractivity contribution in [3.8, 4) is 5.75 Å². The number of aryl methyl sites for hydroxylation is 3. The maximum atomic E-state index is 12.4. The smallest absolute Gasteiger partial charge is 0.338 e. The Kier molecular flexibility index (Phi) is 6.96. The molecule has 2 rings (SSSR count). The van der Waals surface area contributed by atoms with E-state index >= 15 is 0 Å². The van der Waals surface area contributed by atoms with Gasteiger partial charge in [0.25, 0.3) is 0 Å². The van der Waals surface area contributed by atoms with Crippen LogP contribution in [0.3, 0.4) is 0 Å². The van der Waals surface area contributed by atoms with Gasteiger partial charge in [-0.1, -0.05) is 31.0 Å². The number of ether oxygens (including phenoxy) is 2. The molecule has 0 radical (unpaired) electrons. The standard InChI is InChI=1S/C22H26O4/c1-5-6-11-25-19-9-7-18(8-10-19)22(24)26-14-20(23)21-16(3)12-15(2)13-17(21)4/h7-10,12-13H,5-6,11,14H2,1-4H3. The first-order valence-electron chi connectivity index (χ1n) is 8.93. The Labute approximate surface area is 155 Å². The van der Waals surface area contributed by atoms with Gasteiger partial charge in [-0.15, -0.1) is 0 Å². The molecule has 0 saturated heterocycles. The second-order valence-electron chi connectivity index (χ2n) is 6.50. The molecule has 4 heteroatoms. The minimum atomic E-state index is -0.513. The lowest BCUT2D eigenvalue weighted by atomic mass is 9.97. The van der Waals surface area contributed by atoms with Gasteiger partial charge in [0, 0.05) is 5.56 Å². The highest BCUT2D eigenvalue weighted by Crippen LogP contribution is 2.18. The summed E-state index contributed by atoms with van der Waals surface area (Å²) in [6, 6.07) is 10.7. The van der Waals surface area contributed by atoms with Crippen LogP contribution in [-0.2, 0) is 4.74 Å². The van der Waals surface area contributed by atoms with E-state index in [2.05, 4.69) is 6.92 Å². The van der Waals surface area contributed by atoms with Crippen molar-refractivity contribution in [1.29, 1.82) is 0 Å². The normalized spacial score (nSPS) is 10.5. The fourth-order valence-corrected chi connectivity index (χ4v) is 2.93. The van der Waals surface area contributed by atoms with Crippen LogP contribution in [0.5, 0.6) is 5.75 Å². The number of benzene rings is 2. The Bertz CT molecular complexity index is 752. The third kappa shape index (κ3) is 5.19. The lowest BCUT2D eigenvalue weighted by Gasteiger charge is -2.11. The molecule has 0 amide bonds. The highest BCUT2D eigenvalue weighted by molar-refractivity contribution is 6.01. The zero-order valence-corrected chi connectivity index (χ0v) is 15.9. The molecule has 0 bridgehead atoms. The lowest BCUT2D eigenvalue weighted by Crippen LogP contribution is -2.16.